The van der Waals surface area contributed by atoms with E-state index >= 15 is 0 Å². The summed E-state index contributed by atoms with van der Waals surface area (Å²) in [6.45, 7) is 4.64. The number of nitrogens with zero attached hydrogens (tertiary/aromatic N) is 1. The predicted molar refractivity (Wildman–Crippen MR) is 105 cm³/mol. The molecule has 0 unspecified atom stereocenters. The third-order valence-electron chi connectivity index (χ3n) is 4.58. The number of anilines is 2. The van der Waals surface area contributed by atoms with Gasteiger partial charge < -0.3 is 15.5 Å². The van der Waals surface area contributed by atoms with Gasteiger partial charge in [0.25, 0.3) is 5.91 Å². The number of hydrogen-bond acceptors (Lipinski definition) is 3. The summed E-state index contributed by atoms with van der Waals surface area (Å²) < 4.78 is 0. The molecule has 0 bridgehead atoms. The number of carbonyl (C=O) groups excluding carboxylic acids is 3. The summed E-state index contributed by atoms with van der Waals surface area (Å²) in [6, 6.07) is 14.5. The van der Waals surface area contributed by atoms with Gasteiger partial charge in [-0.3, -0.25) is 14.4 Å². The van der Waals surface area contributed by atoms with E-state index < -0.39 is 5.92 Å². The molecule has 2 aromatic carbocycles. The SMILES string of the molecule is CCNC(=O)c1ccccc1NC(=O)[C@@H]1CC(=O)N(c2cccc(C)c2)C1. The van der Waals surface area contributed by atoms with Crippen LogP contribution in [0.3, 0.4) is 0 Å². The van der Waals surface area contributed by atoms with Gasteiger partial charge in [0.15, 0.2) is 0 Å². The third kappa shape index (κ3) is 4.16. The van der Waals surface area contributed by atoms with Crippen LogP contribution >= 0.6 is 0 Å². The van der Waals surface area contributed by atoms with Crippen molar-refractivity contribution in [1.29, 1.82) is 0 Å². The van der Waals surface area contributed by atoms with E-state index in [0.717, 1.165) is 11.3 Å². The molecule has 0 radical (unpaired) electrons. The van der Waals surface area contributed by atoms with E-state index in [-0.39, 0.29) is 24.1 Å². The van der Waals surface area contributed by atoms with Crippen molar-refractivity contribution in [3.63, 3.8) is 0 Å². The zero-order valence-corrected chi connectivity index (χ0v) is 15.5. The summed E-state index contributed by atoms with van der Waals surface area (Å²) in [5.41, 5.74) is 2.73. The van der Waals surface area contributed by atoms with Crippen LogP contribution in [0, 0.1) is 12.8 Å². The number of carbonyl (C=O) groups is 3. The standard InChI is InChI=1S/C21H23N3O3/c1-3-22-21(27)17-9-4-5-10-18(17)23-20(26)15-12-19(25)24(13-15)16-8-6-7-14(2)11-16/h4-11,15H,3,12-13H2,1-2H3,(H,22,27)(H,23,26)/t15-/m1/s1. The molecule has 1 fully saturated rings. The van der Waals surface area contributed by atoms with Crippen molar-refractivity contribution in [2.45, 2.75) is 20.3 Å². The van der Waals surface area contributed by atoms with Gasteiger partial charge in [-0.25, -0.2) is 0 Å². The fraction of sp³-hybridized carbons (Fsp3) is 0.286. The molecule has 2 N–H and O–H groups in total. The predicted octanol–water partition coefficient (Wildman–Crippen LogP) is 2.74. The summed E-state index contributed by atoms with van der Waals surface area (Å²) in [5.74, 6) is -1.02. The monoisotopic (exact) mass is 365 g/mol. The van der Waals surface area contributed by atoms with Gasteiger partial charge in [-0.2, -0.15) is 0 Å². The third-order valence-corrected chi connectivity index (χ3v) is 4.58. The highest BCUT2D eigenvalue weighted by molar-refractivity contribution is 6.07. The first kappa shape index (κ1) is 18.6. The summed E-state index contributed by atoms with van der Waals surface area (Å²) in [7, 11) is 0. The van der Waals surface area contributed by atoms with Gasteiger partial charge in [0.1, 0.15) is 0 Å². The topological polar surface area (TPSA) is 78.5 Å². The smallest absolute Gasteiger partial charge is 0.253 e. The van der Waals surface area contributed by atoms with Gasteiger partial charge in [0.05, 0.1) is 17.2 Å². The van der Waals surface area contributed by atoms with Gasteiger partial charge in [0, 0.05) is 25.2 Å². The zero-order valence-electron chi connectivity index (χ0n) is 15.5. The van der Waals surface area contributed by atoms with Crippen molar-refractivity contribution in [2.75, 3.05) is 23.3 Å². The second-order valence-electron chi connectivity index (χ2n) is 6.64. The Labute approximate surface area is 158 Å². The number of para-hydroxylation sites is 1. The minimum atomic E-state index is -0.458. The van der Waals surface area contributed by atoms with Gasteiger partial charge in [-0.05, 0) is 43.7 Å². The van der Waals surface area contributed by atoms with Gasteiger partial charge in [0.2, 0.25) is 11.8 Å². The van der Waals surface area contributed by atoms with Crippen molar-refractivity contribution < 1.29 is 14.4 Å². The van der Waals surface area contributed by atoms with Crippen LogP contribution in [0.1, 0.15) is 29.3 Å². The Bertz CT molecular complexity index is 878. The summed E-state index contributed by atoms with van der Waals surface area (Å²) in [6.07, 6.45) is 0.156. The molecule has 6 nitrogen and oxygen atoms in total. The first-order chi connectivity index (χ1) is 13.0. The highest BCUT2D eigenvalue weighted by Crippen LogP contribution is 2.27. The lowest BCUT2D eigenvalue weighted by Crippen LogP contribution is -2.29. The molecular weight excluding hydrogens is 342 g/mol. The summed E-state index contributed by atoms with van der Waals surface area (Å²) in [4.78, 5) is 38.9. The molecule has 0 saturated carbocycles. The lowest BCUT2D eigenvalue weighted by molar-refractivity contribution is -0.122. The fourth-order valence-corrected chi connectivity index (χ4v) is 3.21. The molecule has 0 aromatic heterocycles. The minimum absolute atomic E-state index is 0.0715. The van der Waals surface area contributed by atoms with E-state index in [1.54, 1.807) is 29.2 Å². The van der Waals surface area contributed by atoms with Crippen molar-refractivity contribution >= 4 is 29.1 Å². The maximum absolute atomic E-state index is 12.7. The average Bonchev–Trinajstić information content (AvgIpc) is 3.04. The normalized spacial score (nSPS) is 16.3. The maximum atomic E-state index is 12.7. The van der Waals surface area contributed by atoms with E-state index in [9.17, 15) is 14.4 Å². The highest BCUT2D eigenvalue weighted by Gasteiger charge is 2.35. The first-order valence-electron chi connectivity index (χ1n) is 9.04. The second kappa shape index (κ2) is 8.03. The molecule has 2 aromatic rings. The number of hydrogen-bond donors (Lipinski definition) is 2. The Balaban J connectivity index is 1.73. The Kier molecular flexibility index (Phi) is 5.54. The van der Waals surface area contributed by atoms with Crippen molar-refractivity contribution in [3.8, 4) is 0 Å². The van der Waals surface area contributed by atoms with Crippen LogP contribution in [0.15, 0.2) is 48.5 Å². The molecule has 0 aliphatic carbocycles. The maximum Gasteiger partial charge on any atom is 0.253 e. The highest BCUT2D eigenvalue weighted by atomic mass is 16.2. The van der Waals surface area contributed by atoms with Crippen molar-refractivity contribution in [1.82, 2.24) is 5.32 Å². The van der Waals surface area contributed by atoms with Crippen LogP contribution in [0.2, 0.25) is 0 Å². The van der Waals surface area contributed by atoms with E-state index in [4.69, 9.17) is 0 Å². The lowest BCUT2D eigenvalue weighted by atomic mass is 10.1. The van der Waals surface area contributed by atoms with Crippen LogP contribution in [0.4, 0.5) is 11.4 Å². The van der Waals surface area contributed by atoms with E-state index in [0.29, 0.717) is 24.3 Å². The molecule has 3 rings (SSSR count). The van der Waals surface area contributed by atoms with Crippen molar-refractivity contribution in [3.05, 3.63) is 59.7 Å². The van der Waals surface area contributed by atoms with E-state index in [1.165, 1.54) is 0 Å². The summed E-state index contributed by atoms with van der Waals surface area (Å²) in [5, 5.41) is 5.55. The molecule has 140 valence electrons. The van der Waals surface area contributed by atoms with E-state index in [1.807, 2.05) is 38.1 Å². The molecule has 6 heteroatoms. The molecule has 1 saturated heterocycles. The number of aryl methyl sites for hydroxylation is 1. The molecule has 0 spiro atoms. The Hall–Kier alpha value is -3.15. The van der Waals surface area contributed by atoms with Crippen LogP contribution in [0.25, 0.3) is 0 Å². The van der Waals surface area contributed by atoms with Gasteiger partial charge in [-0.15, -0.1) is 0 Å². The molecular formula is C21H23N3O3. The van der Waals surface area contributed by atoms with Gasteiger partial charge >= 0.3 is 0 Å². The molecule has 1 heterocycles. The minimum Gasteiger partial charge on any atom is -0.352 e. The molecule has 1 aliphatic rings. The second-order valence-corrected chi connectivity index (χ2v) is 6.64. The largest absolute Gasteiger partial charge is 0.352 e. The van der Waals surface area contributed by atoms with Crippen molar-refractivity contribution in [2.24, 2.45) is 5.92 Å². The number of nitrogens with one attached hydrogen (secondary N) is 2. The number of benzene rings is 2. The molecule has 3 amide bonds. The first-order valence-corrected chi connectivity index (χ1v) is 9.04. The number of rotatable bonds is 5. The quantitative estimate of drug-likeness (QED) is 0.855. The Morgan fingerprint density at radius 1 is 1.15 bits per heavy atom. The lowest BCUT2D eigenvalue weighted by Gasteiger charge is -2.17. The Morgan fingerprint density at radius 2 is 1.93 bits per heavy atom. The average molecular weight is 365 g/mol. The molecule has 1 atom stereocenters. The van der Waals surface area contributed by atoms with Gasteiger partial charge in [-0.1, -0.05) is 24.3 Å². The van der Waals surface area contributed by atoms with Crippen LogP contribution < -0.4 is 15.5 Å². The number of amides is 3. The van der Waals surface area contributed by atoms with Crippen LogP contribution in [0.5, 0.6) is 0 Å². The molecule has 27 heavy (non-hydrogen) atoms. The van der Waals surface area contributed by atoms with Crippen LogP contribution in [-0.4, -0.2) is 30.8 Å². The zero-order chi connectivity index (χ0) is 19.4. The van der Waals surface area contributed by atoms with Crippen LogP contribution in [-0.2, 0) is 9.59 Å². The Morgan fingerprint density at radius 3 is 2.67 bits per heavy atom. The summed E-state index contributed by atoms with van der Waals surface area (Å²) >= 11 is 0. The molecule has 1 aliphatic heterocycles. The van der Waals surface area contributed by atoms with E-state index in [2.05, 4.69) is 10.6 Å². The fourth-order valence-electron chi connectivity index (χ4n) is 3.21.